The molecule has 276 valence electrons. The van der Waals surface area contributed by atoms with E-state index in [1.165, 1.54) is 0 Å². The third kappa shape index (κ3) is 6.04. The summed E-state index contributed by atoms with van der Waals surface area (Å²) < 4.78 is 4.26. The number of benzene rings is 9. The van der Waals surface area contributed by atoms with Crippen molar-refractivity contribution in [3.8, 4) is 55.9 Å². The number of hydrogen-bond acceptors (Lipinski definition) is 0. The van der Waals surface area contributed by atoms with Crippen molar-refractivity contribution in [2.45, 2.75) is 0 Å². The molecule has 9 heteroatoms. The first-order valence-corrected chi connectivity index (χ1v) is 20.7. The zero-order valence-corrected chi connectivity index (χ0v) is 34.2. The van der Waals surface area contributed by atoms with Gasteiger partial charge in [0.05, 0.1) is 11.0 Å². The van der Waals surface area contributed by atoms with Crippen molar-refractivity contribution in [3.63, 3.8) is 0 Å². The normalized spacial score (nSPS) is 11.6. The molecule has 2 heterocycles. The van der Waals surface area contributed by atoms with E-state index in [0.717, 1.165) is 72.1 Å². The van der Waals surface area contributed by atoms with Crippen LogP contribution in [0.15, 0.2) is 176 Å². The quantitative estimate of drug-likeness (QED) is 0.181. The first kappa shape index (κ1) is 38.9. The van der Waals surface area contributed by atoms with Crippen LogP contribution in [-0.4, -0.2) is 64.1 Å². The van der Waals surface area contributed by atoms with Gasteiger partial charge >= 0.3 is 0 Å². The fourth-order valence-electron chi connectivity index (χ4n) is 9.49. The van der Waals surface area contributed by atoms with Crippen molar-refractivity contribution < 1.29 is 0 Å². The van der Waals surface area contributed by atoms with Crippen LogP contribution in [0.1, 0.15) is 0 Å². The van der Waals surface area contributed by atoms with E-state index in [1.807, 2.05) is 59.2 Å². The lowest BCUT2D eigenvalue weighted by Crippen LogP contribution is -2.48. The molecule has 0 aliphatic heterocycles. The molecule has 0 aliphatic rings. The van der Waals surface area contributed by atoms with Gasteiger partial charge in [0, 0.05) is 38.6 Å². The summed E-state index contributed by atoms with van der Waals surface area (Å²) in [5.41, 5.74) is 14.9. The number of nitrogens with zero attached hydrogens (tertiary/aromatic N) is 2. The molecule has 63 heavy (non-hydrogen) atoms. The van der Waals surface area contributed by atoms with E-state index in [2.05, 4.69) is 126 Å². The standard InChI is InChI=1S/C54H29B7N2/c55-46-42(47(56)51(60)53-44(46)45-48(57)49(58)50(59)52(61)54(45)63(53)37-26-21-33(22-27-37)31-13-6-2-7-14-31)35-23-28-40-39(29-35)43-38(34-15-8-3-9-16-34)17-10-18-41(43)62(40)36-24-19-32(20-25-36)30-11-4-1-5-12-30/h1-29H. The lowest BCUT2D eigenvalue weighted by molar-refractivity contribution is 1.18. The number of hydrogen-bond donors (Lipinski definition) is 0. The molecule has 0 N–H and O–H groups in total. The van der Waals surface area contributed by atoms with Gasteiger partial charge in [0.25, 0.3) is 0 Å². The Morgan fingerprint density at radius 1 is 0.286 bits per heavy atom. The van der Waals surface area contributed by atoms with Crippen molar-refractivity contribution in [3.05, 3.63) is 176 Å². The topological polar surface area (TPSA) is 9.86 Å². The van der Waals surface area contributed by atoms with E-state index < -0.39 is 0 Å². The maximum atomic E-state index is 7.40. The van der Waals surface area contributed by atoms with E-state index >= 15 is 0 Å². The summed E-state index contributed by atoms with van der Waals surface area (Å²) >= 11 is 0. The Morgan fingerprint density at radius 3 is 1.32 bits per heavy atom. The van der Waals surface area contributed by atoms with Crippen LogP contribution in [0.2, 0.25) is 0 Å². The summed E-state index contributed by atoms with van der Waals surface area (Å²) in [6.07, 6.45) is 0. The third-order valence-electron chi connectivity index (χ3n) is 12.5. The molecule has 9 aromatic carbocycles. The van der Waals surface area contributed by atoms with Gasteiger partial charge in [-0.3, -0.25) is 0 Å². The molecular formula is C54H29B7N2. The van der Waals surface area contributed by atoms with Crippen LogP contribution in [0.4, 0.5) is 0 Å². The van der Waals surface area contributed by atoms with Crippen LogP contribution in [0.3, 0.4) is 0 Å². The second kappa shape index (κ2) is 15.1. The zero-order valence-electron chi connectivity index (χ0n) is 34.2. The largest absolute Gasteiger partial charge is 0.311 e. The highest BCUT2D eigenvalue weighted by atomic mass is 15.0. The molecule has 0 amide bonds. The highest BCUT2D eigenvalue weighted by Crippen LogP contribution is 2.41. The number of fused-ring (bicyclic) bond motifs is 6. The van der Waals surface area contributed by atoms with Crippen molar-refractivity contribution in [1.82, 2.24) is 9.13 Å². The molecule has 0 unspecified atom stereocenters. The summed E-state index contributed by atoms with van der Waals surface area (Å²) in [6.45, 7) is 0. The zero-order chi connectivity index (χ0) is 43.1. The van der Waals surface area contributed by atoms with Crippen molar-refractivity contribution in [1.29, 1.82) is 0 Å². The van der Waals surface area contributed by atoms with Gasteiger partial charge in [-0.15, -0.1) is 10.9 Å². The molecule has 0 atom stereocenters. The van der Waals surface area contributed by atoms with Gasteiger partial charge in [-0.1, -0.05) is 161 Å². The lowest BCUT2D eigenvalue weighted by atomic mass is 9.64. The predicted molar refractivity (Wildman–Crippen MR) is 275 cm³/mol. The van der Waals surface area contributed by atoms with Crippen LogP contribution < -0.4 is 38.2 Å². The minimum absolute atomic E-state index is 0.175. The Morgan fingerprint density at radius 2 is 0.746 bits per heavy atom. The predicted octanol–water partition coefficient (Wildman–Crippen LogP) is 6.11. The van der Waals surface area contributed by atoms with E-state index in [0.29, 0.717) is 43.8 Å². The molecular weight excluding hydrogens is 752 g/mol. The fourth-order valence-corrected chi connectivity index (χ4v) is 9.49. The molecule has 2 aromatic heterocycles. The molecule has 14 radical (unpaired) electrons. The van der Waals surface area contributed by atoms with Gasteiger partial charge in [0.1, 0.15) is 54.9 Å². The molecule has 11 rings (SSSR count). The molecule has 11 aromatic rings. The van der Waals surface area contributed by atoms with E-state index in [4.69, 9.17) is 54.9 Å². The van der Waals surface area contributed by atoms with E-state index in [1.54, 1.807) is 0 Å². The Bertz CT molecular complexity index is 3600. The van der Waals surface area contributed by atoms with Crippen molar-refractivity contribution in [2.75, 3.05) is 0 Å². The molecule has 0 saturated carbocycles. The van der Waals surface area contributed by atoms with Crippen LogP contribution in [0.25, 0.3) is 99.5 Å². The number of aromatic nitrogens is 2. The highest BCUT2D eigenvalue weighted by molar-refractivity contribution is 6.69. The van der Waals surface area contributed by atoms with Crippen molar-refractivity contribution >= 4 is 137 Å². The summed E-state index contributed by atoms with van der Waals surface area (Å²) in [5, 5.41) is 3.25. The Balaban J connectivity index is 1.17. The van der Waals surface area contributed by atoms with Gasteiger partial charge in [0.2, 0.25) is 0 Å². The number of rotatable bonds is 6. The maximum Gasteiger partial charge on any atom is 0.115 e. The molecule has 0 bridgehead atoms. The average molecular weight is 782 g/mol. The fraction of sp³-hybridized carbons (Fsp3) is 0. The van der Waals surface area contributed by atoms with Crippen LogP contribution in [-0.2, 0) is 0 Å². The van der Waals surface area contributed by atoms with Gasteiger partial charge in [-0.25, -0.2) is 0 Å². The summed E-state index contributed by atoms with van der Waals surface area (Å²) in [5.74, 6) is 0. The highest BCUT2D eigenvalue weighted by Gasteiger charge is 2.25. The summed E-state index contributed by atoms with van der Waals surface area (Å²) in [7, 11) is 48.7. The SMILES string of the molecule is [B]c1c([B])c([B])c2c(c1[B])c1c([B])c(-c3ccc4c(c3)c3c(-c5ccccc5)cccc3n4-c3ccc(-c4ccccc4)cc3)c([B])c([B])c1n2-c1ccc(-c2ccccc2)cc1. The molecule has 0 spiro atoms. The minimum atomic E-state index is 0.175. The molecule has 0 aliphatic carbocycles. The van der Waals surface area contributed by atoms with E-state index in [-0.39, 0.29) is 21.9 Å². The van der Waals surface area contributed by atoms with Gasteiger partial charge in [-0.2, -0.15) is 0 Å². The van der Waals surface area contributed by atoms with Crippen LogP contribution in [0.5, 0.6) is 0 Å². The minimum Gasteiger partial charge on any atom is -0.311 e. The van der Waals surface area contributed by atoms with Crippen LogP contribution in [0, 0.1) is 0 Å². The Kier molecular flexibility index (Phi) is 9.35. The van der Waals surface area contributed by atoms with Gasteiger partial charge < -0.3 is 9.13 Å². The molecule has 0 fully saturated rings. The molecule has 2 nitrogen and oxygen atoms in total. The van der Waals surface area contributed by atoms with Gasteiger partial charge in [0.15, 0.2) is 0 Å². The van der Waals surface area contributed by atoms with Gasteiger partial charge in [-0.05, 0) is 92.4 Å². The lowest BCUT2D eigenvalue weighted by Gasteiger charge is -2.19. The third-order valence-corrected chi connectivity index (χ3v) is 12.5. The smallest absolute Gasteiger partial charge is 0.115 e. The molecule has 0 saturated heterocycles. The summed E-state index contributed by atoms with van der Waals surface area (Å²) in [6, 6.07) is 60.6. The Hall–Kier alpha value is -6.97. The monoisotopic (exact) mass is 782 g/mol. The summed E-state index contributed by atoms with van der Waals surface area (Å²) in [4.78, 5) is 0. The average Bonchev–Trinajstić information content (AvgIpc) is 3.87. The maximum absolute atomic E-state index is 7.40. The van der Waals surface area contributed by atoms with Crippen molar-refractivity contribution in [2.24, 2.45) is 0 Å². The Labute approximate surface area is 375 Å². The second-order valence-corrected chi connectivity index (χ2v) is 16.0. The first-order chi connectivity index (χ1) is 30.7. The second-order valence-electron chi connectivity index (χ2n) is 16.0. The van der Waals surface area contributed by atoms with E-state index in [9.17, 15) is 0 Å². The van der Waals surface area contributed by atoms with Crippen LogP contribution >= 0.6 is 0 Å². The first-order valence-electron chi connectivity index (χ1n) is 20.7.